The average Bonchev–Trinajstić information content (AvgIpc) is 2.56. The van der Waals surface area contributed by atoms with Gasteiger partial charge >= 0.3 is 0 Å². The summed E-state index contributed by atoms with van der Waals surface area (Å²) in [5, 5.41) is 14.4. The van der Waals surface area contributed by atoms with Crippen LogP contribution >= 0.6 is 0 Å². The maximum Gasteiger partial charge on any atom is 0.0835 e. The molecule has 0 radical (unpaired) electrons. The molecule has 0 fully saturated rings. The summed E-state index contributed by atoms with van der Waals surface area (Å²) in [6.07, 6.45) is 1.73. The third-order valence-electron chi connectivity index (χ3n) is 4.98. The van der Waals surface area contributed by atoms with Crippen LogP contribution in [0.3, 0.4) is 0 Å². The van der Waals surface area contributed by atoms with Crippen molar-refractivity contribution in [2.45, 2.75) is 44.9 Å². The molecular weight excluding hydrogens is 270 g/mol. The molecule has 1 aliphatic carbocycles. The molecule has 3 rings (SSSR count). The lowest BCUT2D eigenvalue weighted by molar-refractivity contribution is 0.0709. The van der Waals surface area contributed by atoms with Gasteiger partial charge in [0.05, 0.1) is 6.10 Å². The topological polar surface area (TPSA) is 32.3 Å². The standard InChI is InChI=1S/C20H25NO/c1-14(16-8-4-3-5-9-16)21-15(2)18-13-12-17-10-6-7-11-19(17)20(18)22/h3-11,14-15,18,20-22H,12-13H2,1-2H3/t14-,15-,18-,20-/m1/s1. The molecule has 2 aromatic carbocycles. The summed E-state index contributed by atoms with van der Waals surface area (Å²) in [4.78, 5) is 0. The third kappa shape index (κ3) is 3.08. The van der Waals surface area contributed by atoms with Crippen LogP contribution in [0.2, 0.25) is 0 Å². The molecule has 1 aliphatic rings. The van der Waals surface area contributed by atoms with Crippen LogP contribution in [-0.4, -0.2) is 11.1 Å². The van der Waals surface area contributed by atoms with Crippen molar-refractivity contribution in [3.05, 3.63) is 71.3 Å². The van der Waals surface area contributed by atoms with Crippen LogP contribution in [0.25, 0.3) is 0 Å². The SMILES string of the molecule is C[C@@H](N[C@H](C)[C@H]1CCc2ccccc2[C@@H]1O)c1ccccc1. The van der Waals surface area contributed by atoms with Crippen molar-refractivity contribution in [1.82, 2.24) is 5.32 Å². The molecule has 22 heavy (non-hydrogen) atoms. The quantitative estimate of drug-likeness (QED) is 0.893. The molecule has 0 heterocycles. The number of aliphatic hydroxyl groups is 1. The van der Waals surface area contributed by atoms with E-state index in [2.05, 4.69) is 61.6 Å². The van der Waals surface area contributed by atoms with E-state index in [1.807, 2.05) is 12.1 Å². The molecule has 0 amide bonds. The van der Waals surface area contributed by atoms with Crippen LogP contribution in [0, 0.1) is 5.92 Å². The Balaban J connectivity index is 1.70. The summed E-state index contributed by atoms with van der Waals surface area (Å²) in [6, 6.07) is 19.3. The Bertz CT molecular complexity index is 610. The smallest absolute Gasteiger partial charge is 0.0835 e. The Hall–Kier alpha value is -1.64. The lowest BCUT2D eigenvalue weighted by Gasteiger charge is -2.36. The van der Waals surface area contributed by atoms with Crippen molar-refractivity contribution >= 4 is 0 Å². The minimum absolute atomic E-state index is 0.265. The molecule has 2 aromatic rings. The second-order valence-corrected chi connectivity index (χ2v) is 6.43. The van der Waals surface area contributed by atoms with E-state index in [4.69, 9.17) is 0 Å². The van der Waals surface area contributed by atoms with Gasteiger partial charge in [-0.05, 0) is 43.4 Å². The highest BCUT2D eigenvalue weighted by Crippen LogP contribution is 2.36. The normalized spacial score (nSPS) is 23.6. The highest BCUT2D eigenvalue weighted by molar-refractivity contribution is 5.32. The third-order valence-corrected chi connectivity index (χ3v) is 4.98. The highest BCUT2D eigenvalue weighted by atomic mass is 16.3. The molecule has 0 spiro atoms. The van der Waals surface area contributed by atoms with Crippen molar-refractivity contribution in [1.29, 1.82) is 0 Å². The summed E-state index contributed by atoms with van der Waals surface area (Å²) in [7, 11) is 0. The van der Waals surface area contributed by atoms with Crippen LogP contribution in [0.4, 0.5) is 0 Å². The van der Waals surface area contributed by atoms with Crippen molar-refractivity contribution in [2.75, 3.05) is 0 Å². The van der Waals surface area contributed by atoms with E-state index < -0.39 is 0 Å². The van der Waals surface area contributed by atoms with Gasteiger partial charge in [0, 0.05) is 18.0 Å². The van der Waals surface area contributed by atoms with Crippen LogP contribution in [0.1, 0.15) is 49.1 Å². The van der Waals surface area contributed by atoms with Crippen molar-refractivity contribution in [2.24, 2.45) is 5.92 Å². The monoisotopic (exact) mass is 295 g/mol. The molecule has 0 bridgehead atoms. The van der Waals surface area contributed by atoms with E-state index in [0.29, 0.717) is 6.04 Å². The van der Waals surface area contributed by atoms with Crippen molar-refractivity contribution in [3.8, 4) is 0 Å². The highest BCUT2D eigenvalue weighted by Gasteiger charge is 2.32. The van der Waals surface area contributed by atoms with E-state index >= 15 is 0 Å². The van der Waals surface area contributed by atoms with Crippen LogP contribution in [0.15, 0.2) is 54.6 Å². The van der Waals surface area contributed by atoms with Gasteiger partial charge in [0.15, 0.2) is 0 Å². The van der Waals surface area contributed by atoms with Crippen LogP contribution in [-0.2, 0) is 6.42 Å². The number of aliphatic hydroxyl groups excluding tert-OH is 1. The number of benzene rings is 2. The maximum atomic E-state index is 10.7. The van der Waals surface area contributed by atoms with E-state index in [0.717, 1.165) is 18.4 Å². The van der Waals surface area contributed by atoms with Gasteiger partial charge in [0.25, 0.3) is 0 Å². The molecule has 0 aliphatic heterocycles. The number of nitrogens with one attached hydrogen (secondary N) is 1. The van der Waals surface area contributed by atoms with Crippen LogP contribution < -0.4 is 5.32 Å². The fourth-order valence-corrected chi connectivity index (χ4v) is 3.64. The molecule has 0 aromatic heterocycles. The fourth-order valence-electron chi connectivity index (χ4n) is 3.64. The Kier molecular flexibility index (Phi) is 4.60. The van der Waals surface area contributed by atoms with Gasteiger partial charge < -0.3 is 10.4 Å². The van der Waals surface area contributed by atoms with E-state index in [-0.39, 0.29) is 18.1 Å². The average molecular weight is 295 g/mol. The second kappa shape index (κ2) is 6.64. The van der Waals surface area contributed by atoms with Gasteiger partial charge in [-0.1, -0.05) is 54.6 Å². The van der Waals surface area contributed by atoms with Gasteiger partial charge in [-0.2, -0.15) is 0 Å². The second-order valence-electron chi connectivity index (χ2n) is 6.43. The Morgan fingerprint density at radius 2 is 1.68 bits per heavy atom. The molecule has 2 heteroatoms. The zero-order valence-corrected chi connectivity index (χ0v) is 13.4. The molecule has 0 unspecified atom stereocenters. The van der Waals surface area contributed by atoms with Gasteiger partial charge in [-0.15, -0.1) is 0 Å². The van der Waals surface area contributed by atoms with Crippen molar-refractivity contribution < 1.29 is 5.11 Å². The van der Waals surface area contributed by atoms with Crippen LogP contribution in [0.5, 0.6) is 0 Å². The number of hydrogen-bond acceptors (Lipinski definition) is 2. The van der Waals surface area contributed by atoms with Gasteiger partial charge in [0.1, 0.15) is 0 Å². The molecule has 116 valence electrons. The summed E-state index contributed by atoms with van der Waals surface area (Å²) in [5.41, 5.74) is 3.70. The number of hydrogen-bond donors (Lipinski definition) is 2. The zero-order valence-electron chi connectivity index (χ0n) is 13.4. The lowest BCUT2D eigenvalue weighted by Crippen LogP contribution is -2.40. The van der Waals surface area contributed by atoms with Crippen molar-refractivity contribution in [3.63, 3.8) is 0 Å². The minimum Gasteiger partial charge on any atom is -0.388 e. The predicted octanol–water partition coefficient (Wildman–Crippen LogP) is 4.02. The Labute approximate surface area is 133 Å². The summed E-state index contributed by atoms with van der Waals surface area (Å²) in [5.74, 6) is 0.265. The first kappa shape index (κ1) is 15.3. The fraction of sp³-hybridized carbons (Fsp3) is 0.400. The molecule has 2 N–H and O–H groups in total. The van der Waals surface area contributed by atoms with E-state index in [1.54, 1.807) is 0 Å². The largest absolute Gasteiger partial charge is 0.388 e. The van der Waals surface area contributed by atoms with E-state index in [9.17, 15) is 5.11 Å². The first-order chi connectivity index (χ1) is 10.7. The molecule has 4 atom stereocenters. The summed E-state index contributed by atoms with van der Waals surface area (Å²) >= 11 is 0. The Morgan fingerprint density at radius 3 is 2.45 bits per heavy atom. The minimum atomic E-state index is -0.365. The summed E-state index contributed by atoms with van der Waals surface area (Å²) < 4.78 is 0. The molecular formula is C20H25NO. The van der Waals surface area contributed by atoms with Gasteiger partial charge in [-0.3, -0.25) is 0 Å². The van der Waals surface area contributed by atoms with Gasteiger partial charge in [0.2, 0.25) is 0 Å². The maximum absolute atomic E-state index is 10.7. The predicted molar refractivity (Wildman–Crippen MR) is 90.7 cm³/mol. The first-order valence-corrected chi connectivity index (χ1v) is 8.23. The zero-order chi connectivity index (χ0) is 15.5. The number of aryl methyl sites for hydroxylation is 1. The first-order valence-electron chi connectivity index (χ1n) is 8.23. The van der Waals surface area contributed by atoms with E-state index in [1.165, 1.54) is 11.1 Å². The summed E-state index contributed by atoms with van der Waals surface area (Å²) in [6.45, 7) is 4.39. The number of rotatable bonds is 4. The molecule has 0 saturated heterocycles. The molecule has 0 saturated carbocycles. The van der Waals surface area contributed by atoms with Gasteiger partial charge in [-0.25, -0.2) is 0 Å². The lowest BCUT2D eigenvalue weighted by atomic mass is 9.78. The molecule has 2 nitrogen and oxygen atoms in total. The number of fused-ring (bicyclic) bond motifs is 1. The Morgan fingerprint density at radius 1 is 1.00 bits per heavy atom.